The predicted molar refractivity (Wildman–Crippen MR) is 97.7 cm³/mol. The molecule has 2 aliphatic heterocycles. The van der Waals surface area contributed by atoms with Gasteiger partial charge in [-0.25, -0.2) is 0 Å². The Kier molecular flexibility index (Phi) is 4.16. The highest BCUT2D eigenvalue weighted by Crippen LogP contribution is 2.38. The van der Waals surface area contributed by atoms with Gasteiger partial charge in [-0.15, -0.1) is 0 Å². The van der Waals surface area contributed by atoms with Gasteiger partial charge in [0.1, 0.15) is 0 Å². The van der Waals surface area contributed by atoms with Crippen LogP contribution in [0.3, 0.4) is 0 Å². The normalized spacial score (nSPS) is 14.8. The molecule has 2 aromatic carbocycles. The number of benzene rings is 2. The summed E-state index contributed by atoms with van der Waals surface area (Å²) in [5.74, 6) is -1.28. The summed E-state index contributed by atoms with van der Waals surface area (Å²) in [6, 6.07) is 13.1. The fourth-order valence-corrected chi connectivity index (χ4v) is 3.60. The van der Waals surface area contributed by atoms with E-state index in [1.54, 1.807) is 6.07 Å². The zero-order chi connectivity index (χ0) is 18.1. The molecule has 0 atom stereocenters. The van der Waals surface area contributed by atoms with E-state index < -0.39 is 11.8 Å². The molecule has 4 rings (SSSR count). The van der Waals surface area contributed by atoms with Crippen LogP contribution in [0.5, 0.6) is 0 Å². The smallest absolute Gasteiger partial charge is 0.313 e. The quantitative estimate of drug-likeness (QED) is 0.829. The summed E-state index contributed by atoms with van der Waals surface area (Å²) in [7, 11) is 0. The van der Waals surface area contributed by atoms with Gasteiger partial charge in [0.2, 0.25) is 5.91 Å². The molecular formula is C20H19N3O3. The molecule has 2 aromatic rings. The molecule has 0 aliphatic carbocycles. The average Bonchev–Trinajstić information content (AvgIpc) is 2.97. The van der Waals surface area contributed by atoms with Crippen LogP contribution in [-0.4, -0.2) is 24.3 Å². The maximum Gasteiger partial charge on any atom is 0.313 e. The SMILES string of the molecule is O=C(NCc1ccccc1)C(=O)Nc1cc2c3c(c1)CC(=O)N3CCC2. The number of carbonyl (C=O) groups excluding carboxylic acids is 3. The molecule has 2 N–H and O–H groups in total. The minimum atomic E-state index is -0.704. The molecule has 0 radical (unpaired) electrons. The molecular weight excluding hydrogens is 330 g/mol. The number of anilines is 2. The highest BCUT2D eigenvalue weighted by Gasteiger charge is 2.32. The molecule has 0 unspecified atom stereocenters. The number of carbonyl (C=O) groups is 3. The van der Waals surface area contributed by atoms with E-state index in [0.29, 0.717) is 18.7 Å². The maximum atomic E-state index is 12.2. The number of hydrogen-bond acceptors (Lipinski definition) is 3. The molecule has 6 heteroatoms. The fourth-order valence-electron chi connectivity index (χ4n) is 3.60. The van der Waals surface area contributed by atoms with Crippen molar-refractivity contribution in [2.75, 3.05) is 16.8 Å². The lowest BCUT2D eigenvalue weighted by Crippen LogP contribution is -2.35. The van der Waals surface area contributed by atoms with E-state index in [-0.39, 0.29) is 5.91 Å². The van der Waals surface area contributed by atoms with Crippen molar-refractivity contribution in [2.24, 2.45) is 0 Å². The molecule has 0 spiro atoms. The zero-order valence-corrected chi connectivity index (χ0v) is 14.2. The lowest BCUT2D eigenvalue weighted by atomic mass is 9.99. The molecule has 2 aliphatic rings. The summed E-state index contributed by atoms with van der Waals surface area (Å²) in [5, 5.41) is 5.27. The summed E-state index contributed by atoms with van der Waals surface area (Å²) >= 11 is 0. The molecule has 0 saturated heterocycles. The zero-order valence-electron chi connectivity index (χ0n) is 14.2. The first kappa shape index (κ1) is 16.3. The fraction of sp³-hybridized carbons (Fsp3) is 0.250. The summed E-state index contributed by atoms with van der Waals surface area (Å²) in [4.78, 5) is 38.1. The van der Waals surface area contributed by atoms with Gasteiger partial charge in [0, 0.05) is 18.8 Å². The molecule has 0 bridgehead atoms. The van der Waals surface area contributed by atoms with Crippen LogP contribution in [0, 0.1) is 0 Å². The number of aryl methyl sites for hydroxylation is 1. The van der Waals surface area contributed by atoms with E-state index in [4.69, 9.17) is 0 Å². The summed E-state index contributed by atoms with van der Waals surface area (Å²) < 4.78 is 0. The topological polar surface area (TPSA) is 78.5 Å². The highest BCUT2D eigenvalue weighted by atomic mass is 16.2. The predicted octanol–water partition coefficient (Wildman–Crippen LogP) is 1.78. The first-order valence-electron chi connectivity index (χ1n) is 8.71. The minimum Gasteiger partial charge on any atom is -0.344 e. The molecule has 26 heavy (non-hydrogen) atoms. The molecule has 0 saturated carbocycles. The van der Waals surface area contributed by atoms with Crippen molar-refractivity contribution in [1.82, 2.24) is 5.32 Å². The van der Waals surface area contributed by atoms with Crippen molar-refractivity contribution in [3.8, 4) is 0 Å². The van der Waals surface area contributed by atoms with Gasteiger partial charge in [0.15, 0.2) is 0 Å². The summed E-state index contributed by atoms with van der Waals surface area (Å²) in [6.45, 7) is 1.05. The van der Waals surface area contributed by atoms with Crippen LogP contribution in [0.15, 0.2) is 42.5 Å². The van der Waals surface area contributed by atoms with E-state index >= 15 is 0 Å². The number of hydrogen-bond donors (Lipinski definition) is 2. The third-order valence-corrected chi connectivity index (χ3v) is 4.77. The number of amides is 3. The van der Waals surface area contributed by atoms with Gasteiger partial charge >= 0.3 is 11.8 Å². The van der Waals surface area contributed by atoms with Crippen molar-refractivity contribution in [2.45, 2.75) is 25.8 Å². The van der Waals surface area contributed by atoms with Crippen molar-refractivity contribution < 1.29 is 14.4 Å². The van der Waals surface area contributed by atoms with Gasteiger partial charge in [-0.1, -0.05) is 30.3 Å². The third kappa shape index (κ3) is 3.06. The van der Waals surface area contributed by atoms with E-state index in [1.807, 2.05) is 41.3 Å². The van der Waals surface area contributed by atoms with E-state index in [1.165, 1.54) is 0 Å². The van der Waals surface area contributed by atoms with Crippen LogP contribution in [0.4, 0.5) is 11.4 Å². The number of nitrogens with one attached hydrogen (secondary N) is 2. The first-order chi connectivity index (χ1) is 12.6. The molecule has 2 heterocycles. The Morgan fingerprint density at radius 3 is 2.62 bits per heavy atom. The Balaban J connectivity index is 1.44. The molecule has 3 amide bonds. The Hall–Kier alpha value is -3.15. The van der Waals surface area contributed by atoms with Crippen LogP contribution >= 0.6 is 0 Å². The van der Waals surface area contributed by atoms with Crippen molar-refractivity contribution >= 4 is 29.1 Å². The van der Waals surface area contributed by atoms with E-state index in [0.717, 1.165) is 41.8 Å². The summed E-state index contributed by atoms with van der Waals surface area (Å²) in [6.07, 6.45) is 2.13. The Morgan fingerprint density at radius 2 is 1.81 bits per heavy atom. The Bertz CT molecular complexity index is 893. The van der Waals surface area contributed by atoms with Crippen LogP contribution in [-0.2, 0) is 33.8 Å². The van der Waals surface area contributed by atoms with Crippen molar-refractivity contribution in [1.29, 1.82) is 0 Å². The van der Waals surface area contributed by atoms with Gasteiger partial charge in [-0.05, 0) is 41.7 Å². The first-order valence-corrected chi connectivity index (χ1v) is 8.71. The lowest BCUT2D eigenvalue weighted by molar-refractivity contribution is -0.136. The minimum absolute atomic E-state index is 0.102. The second kappa shape index (κ2) is 6.63. The second-order valence-electron chi connectivity index (χ2n) is 6.59. The van der Waals surface area contributed by atoms with Crippen molar-refractivity contribution in [3.63, 3.8) is 0 Å². The lowest BCUT2D eigenvalue weighted by Gasteiger charge is -2.26. The number of nitrogens with zero attached hydrogens (tertiary/aromatic N) is 1. The van der Waals surface area contributed by atoms with Crippen LogP contribution in [0.1, 0.15) is 23.1 Å². The van der Waals surface area contributed by atoms with E-state index in [2.05, 4.69) is 10.6 Å². The van der Waals surface area contributed by atoms with Gasteiger partial charge < -0.3 is 15.5 Å². The average molecular weight is 349 g/mol. The van der Waals surface area contributed by atoms with E-state index in [9.17, 15) is 14.4 Å². The monoisotopic (exact) mass is 349 g/mol. The second-order valence-corrected chi connectivity index (χ2v) is 6.59. The molecule has 0 fully saturated rings. The molecule has 0 aromatic heterocycles. The van der Waals surface area contributed by atoms with Crippen LogP contribution in [0.25, 0.3) is 0 Å². The van der Waals surface area contributed by atoms with Gasteiger partial charge in [-0.2, -0.15) is 0 Å². The van der Waals surface area contributed by atoms with Gasteiger partial charge in [0.25, 0.3) is 0 Å². The Labute approximate surface area is 151 Å². The summed E-state index contributed by atoms with van der Waals surface area (Å²) in [5.41, 5.74) is 4.46. The maximum absolute atomic E-state index is 12.2. The number of rotatable bonds is 3. The highest BCUT2D eigenvalue weighted by molar-refractivity contribution is 6.39. The molecule has 6 nitrogen and oxygen atoms in total. The van der Waals surface area contributed by atoms with Gasteiger partial charge in [-0.3, -0.25) is 14.4 Å². The van der Waals surface area contributed by atoms with Crippen LogP contribution in [0.2, 0.25) is 0 Å². The molecule has 132 valence electrons. The largest absolute Gasteiger partial charge is 0.344 e. The van der Waals surface area contributed by atoms with Crippen LogP contribution < -0.4 is 15.5 Å². The van der Waals surface area contributed by atoms with Crippen molar-refractivity contribution in [3.05, 3.63) is 59.2 Å². The standard InChI is InChI=1S/C20H19N3O3/c24-17-11-15-10-16(9-14-7-4-8-23(17)18(14)15)22-20(26)19(25)21-12-13-5-2-1-3-6-13/h1-3,5-6,9-10H,4,7-8,11-12H2,(H,21,25)(H,22,26). The third-order valence-electron chi connectivity index (χ3n) is 4.77. The Morgan fingerprint density at radius 1 is 1.04 bits per heavy atom. The van der Waals surface area contributed by atoms with Gasteiger partial charge in [0.05, 0.1) is 12.1 Å².